The summed E-state index contributed by atoms with van der Waals surface area (Å²) in [6, 6.07) is 6.90. The van der Waals surface area contributed by atoms with E-state index in [1.165, 1.54) is 7.05 Å². The molecular formula is C13H23N3O2S. The van der Waals surface area contributed by atoms with Gasteiger partial charge in [0.25, 0.3) is 0 Å². The molecule has 0 saturated carbocycles. The van der Waals surface area contributed by atoms with E-state index >= 15 is 0 Å². The molecule has 0 aromatic heterocycles. The first-order chi connectivity index (χ1) is 9.01. The van der Waals surface area contributed by atoms with E-state index in [4.69, 9.17) is 5.73 Å². The molecule has 0 amide bonds. The van der Waals surface area contributed by atoms with Crippen LogP contribution >= 0.6 is 0 Å². The van der Waals surface area contributed by atoms with Gasteiger partial charge in [-0.1, -0.05) is 19.1 Å². The van der Waals surface area contributed by atoms with Crippen molar-refractivity contribution in [2.75, 3.05) is 25.5 Å². The zero-order chi connectivity index (χ0) is 14.3. The van der Waals surface area contributed by atoms with Gasteiger partial charge in [-0.2, -0.15) is 0 Å². The van der Waals surface area contributed by atoms with E-state index in [0.717, 1.165) is 19.4 Å². The van der Waals surface area contributed by atoms with Crippen LogP contribution in [0.25, 0.3) is 0 Å². The molecule has 0 saturated heterocycles. The van der Waals surface area contributed by atoms with Gasteiger partial charge < -0.3 is 11.1 Å². The Morgan fingerprint density at radius 1 is 1.32 bits per heavy atom. The standard InChI is InChI=1S/C13H23N3O2S/c1-11(10-14)6-5-9-16-12-7-3-4-8-13(12)19(17,18)15-2/h3-4,7-8,11,15-16H,5-6,9-10,14H2,1-2H3. The van der Waals surface area contributed by atoms with Gasteiger partial charge in [-0.25, -0.2) is 13.1 Å². The Morgan fingerprint density at radius 3 is 2.63 bits per heavy atom. The number of rotatable bonds is 8. The molecule has 0 spiro atoms. The van der Waals surface area contributed by atoms with Crippen molar-refractivity contribution in [2.24, 2.45) is 11.7 Å². The number of nitrogens with two attached hydrogens (primary N) is 1. The van der Waals surface area contributed by atoms with Gasteiger partial charge in [0.2, 0.25) is 10.0 Å². The van der Waals surface area contributed by atoms with Crippen molar-refractivity contribution < 1.29 is 8.42 Å². The van der Waals surface area contributed by atoms with Crippen LogP contribution in [0.15, 0.2) is 29.2 Å². The van der Waals surface area contributed by atoms with E-state index in [2.05, 4.69) is 17.0 Å². The van der Waals surface area contributed by atoms with Crippen LogP contribution in [0.2, 0.25) is 0 Å². The third-order valence-corrected chi connectivity index (χ3v) is 4.51. The molecule has 1 rings (SSSR count). The lowest BCUT2D eigenvalue weighted by atomic mass is 10.1. The fraction of sp³-hybridized carbons (Fsp3) is 0.538. The average molecular weight is 285 g/mol. The number of sulfonamides is 1. The normalized spacial score (nSPS) is 13.2. The lowest BCUT2D eigenvalue weighted by molar-refractivity contribution is 0.529. The Bertz CT molecular complexity index is 488. The molecule has 0 aliphatic carbocycles. The summed E-state index contributed by atoms with van der Waals surface area (Å²) < 4.78 is 26.0. The highest BCUT2D eigenvalue weighted by Gasteiger charge is 2.15. The summed E-state index contributed by atoms with van der Waals surface area (Å²) in [7, 11) is -2.01. The van der Waals surface area contributed by atoms with Crippen molar-refractivity contribution in [2.45, 2.75) is 24.7 Å². The number of anilines is 1. The van der Waals surface area contributed by atoms with Crippen molar-refractivity contribution >= 4 is 15.7 Å². The molecule has 0 aliphatic rings. The fourth-order valence-electron chi connectivity index (χ4n) is 1.75. The molecule has 1 aromatic rings. The first kappa shape index (κ1) is 15.9. The van der Waals surface area contributed by atoms with Crippen LogP contribution in [0.5, 0.6) is 0 Å². The van der Waals surface area contributed by atoms with Crippen LogP contribution in [0, 0.1) is 5.92 Å². The second kappa shape index (κ2) is 7.47. The maximum absolute atomic E-state index is 11.8. The topological polar surface area (TPSA) is 84.2 Å². The van der Waals surface area contributed by atoms with Crippen LogP contribution in [0.1, 0.15) is 19.8 Å². The van der Waals surface area contributed by atoms with E-state index in [-0.39, 0.29) is 4.90 Å². The summed E-state index contributed by atoms with van der Waals surface area (Å²) in [6.45, 7) is 3.53. The third kappa shape index (κ3) is 4.81. The lowest BCUT2D eigenvalue weighted by Crippen LogP contribution is -2.20. The van der Waals surface area contributed by atoms with E-state index < -0.39 is 10.0 Å². The molecule has 1 aromatic carbocycles. The first-order valence-electron chi connectivity index (χ1n) is 6.47. The molecule has 1 atom stereocenters. The van der Waals surface area contributed by atoms with Crippen molar-refractivity contribution in [3.63, 3.8) is 0 Å². The predicted molar refractivity (Wildman–Crippen MR) is 78.6 cm³/mol. The summed E-state index contributed by atoms with van der Waals surface area (Å²) in [4.78, 5) is 0.282. The van der Waals surface area contributed by atoms with Crippen LogP contribution in [0.4, 0.5) is 5.69 Å². The fourth-order valence-corrected chi connectivity index (χ4v) is 2.66. The maximum atomic E-state index is 11.8. The molecule has 0 heterocycles. The Hall–Kier alpha value is -1.11. The minimum atomic E-state index is -3.42. The lowest BCUT2D eigenvalue weighted by Gasteiger charge is -2.13. The van der Waals surface area contributed by atoms with Crippen LogP contribution in [0.3, 0.4) is 0 Å². The highest BCUT2D eigenvalue weighted by atomic mass is 32.2. The Kier molecular flexibility index (Phi) is 6.27. The summed E-state index contributed by atoms with van der Waals surface area (Å²) in [6.07, 6.45) is 2.00. The molecule has 1 unspecified atom stereocenters. The zero-order valence-electron chi connectivity index (χ0n) is 11.5. The van der Waals surface area contributed by atoms with Crippen molar-refractivity contribution in [3.8, 4) is 0 Å². The molecule has 0 bridgehead atoms. The number of para-hydroxylation sites is 1. The van der Waals surface area contributed by atoms with E-state index in [1.54, 1.807) is 18.2 Å². The quantitative estimate of drug-likeness (QED) is 0.630. The van der Waals surface area contributed by atoms with Crippen LogP contribution < -0.4 is 15.8 Å². The summed E-state index contributed by atoms with van der Waals surface area (Å²) >= 11 is 0. The third-order valence-electron chi connectivity index (χ3n) is 3.04. The van der Waals surface area contributed by atoms with E-state index in [1.807, 2.05) is 6.07 Å². The van der Waals surface area contributed by atoms with Gasteiger partial charge in [-0.15, -0.1) is 0 Å². The van der Waals surface area contributed by atoms with Crippen molar-refractivity contribution in [1.82, 2.24) is 4.72 Å². The number of hydrogen-bond acceptors (Lipinski definition) is 4. The monoisotopic (exact) mass is 285 g/mol. The first-order valence-corrected chi connectivity index (χ1v) is 7.96. The molecule has 108 valence electrons. The van der Waals surface area contributed by atoms with Gasteiger partial charge in [0, 0.05) is 6.54 Å². The largest absolute Gasteiger partial charge is 0.384 e. The molecule has 19 heavy (non-hydrogen) atoms. The minimum absolute atomic E-state index is 0.282. The Labute approximate surface area is 115 Å². The van der Waals surface area contributed by atoms with Crippen molar-refractivity contribution in [1.29, 1.82) is 0 Å². The summed E-state index contributed by atoms with van der Waals surface area (Å²) in [5, 5.41) is 3.17. The van der Waals surface area contributed by atoms with E-state index in [0.29, 0.717) is 18.2 Å². The molecular weight excluding hydrogens is 262 g/mol. The van der Waals surface area contributed by atoms with Gasteiger partial charge in [0.1, 0.15) is 4.90 Å². The number of hydrogen-bond donors (Lipinski definition) is 3. The van der Waals surface area contributed by atoms with Gasteiger partial charge >= 0.3 is 0 Å². The van der Waals surface area contributed by atoms with Gasteiger partial charge in [0.05, 0.1) is 5.69 Å². The van der Waals surface area contributed by atoms with Gasteiger partial charge in [-0.3, -0.25) is 0 Å². The van der Waals surface area contributed by atoms with Crippen LogP contribution in [-0.4, -0.2) is 28.6 Å². The predicted octanol–water partition coefficient (Wildman–Crippen LogP) is 1.38. The molecule has 0 fully saturated rings. The van der Waals surface area contributed by atoms with E-state index in [9.17, 15) is 8.42 Å². The Balaban J connectivity index is 2.64. The number of nitrogens with one attached hydrogen (secondary N) is 2. The summed E-state index contributed by atoms with van der Waals surface area (Å²) in [5.74, 6) is 0.498. The highest BCUT2D eigenvalue weighted by Crippen LogP contribution is 2.20. The molecule has 0 aliphatic heterocycles. The smallest absolute Gasteiger partial charge is 0.242 e. The van der Waals surface area contributed by atoms with Crippen LogP contribution in [-0.2, 0) is 10.0 Å². The second-order valence-electron chi connectivity index (χ2n) is 4.61. The maximum Gasteiger partial charge on any atom is 0.242 e. The highest BCUT2D eigenvalue weighted by molar-refractivity contribution is 7.89. The average Bonchev–Trinajstić information content (AvgIpc) is 2.43. The molecule has 5 nitrogen and oxygen atoms in total. The molecule has 0 radical (unpaired) electrons. The summed E-state index contributed by atoms with van der Waals surface area (Å²) in [5.41, 5.74) is 6.19. The Morgan fingerprint density at radius 2 is 2.00 bits per heavy atom. The number of benzene rings is 1. The molecule has 4 N–H and O–H groups in total. The van der Waals surface area contributed by atoms with Gasteiger partial charge in [0.15, 0.2) is 0 Å². The zero-order valence-corrected chi connectivity index (χ0v) is 12.3. The van der Waals surface area contributed by atoms with Gasteiger partial charge in [-0.05, 0) is 44.5 Å². The SMILES string of the molecule is CNS(=O)(=O)c1ccccc1NCCCC(C)CN. The minimum Gasteiger partial charge on any atom is -0.384 e. The van der Waals surface area contributed by atoms with Crippen molar-refractivity contribution in [3.05, 3.63) is 24.3 Å². The second-order valence-corrected chi connectivity index (χ2v) is 6.47. The molecule has 6 heteroatoms.